The van der Waals surface area contributed by atoms with E-state index in [2.05, 4.69) is 10.3 Å². The third kappa shape index (κ3) is 4.62. The monoisotopic (exact) mass is 268 g/mol. The van der Waals surface area contributed by atoms with Crippen LogP contribution in [0.1, 0.15) is 23.2 Å². The van der Waals surface area contributed by atoms with Crippen LogP contribution in [0.5, 0.6) is 0 Å². The fraction of sp³-hybridized carbons (Fsp3) is 0.273. The molecular formula is C11H12N2O6. The summed E-state index contributed by atoms with van der Waals surface area (Å²) >= 11 is 0. The van der Waals surface area contributed by atoms with Crippen molar-refractivity contribution < 1.29 is 24.6 Å². The lowest BCUT2D eigenvalue weighted by molar-refractivity contribution is -0.140. The summed E-state index contributed by atoms with van der Waals surface area (Å²) in [4.78, 5) is 46.0. The van der Waals surface area contributed by atoms with Crippen molar-refractivity contribution in [1.29, 1.82) is 0 Å². The second kappa shape index (κ2) is 6.34. The molecule has 1 amide bonds. The average Bonchev–Trinajstić information content (AvgIpc) is 2.34. The highest BCUT2D eigenvalue weighted by Crippen LogP contribution is 2.01. The van der Waals surface area contributed by atoms with Gasteiger partial charge in [-0.05, 0) is 12.5 Å². The quantitative estimate of drug-likeness (QED) is 0.545. The van der Waals surface area contributed by atoms with Gasteiger partial charge in [-0.3, -0.25) is 14.4 Å². The molecule has 0 aromatic carbocycles. The SMILES string of the molecule is O=C(O)CC[C@H](NC(=O)c1ccc(=O)[nH]c1)C(=O)O. The van der Waals surface area contributed by atoms with E-state index in [9.17, 15) is 19.2 Å². The fourth-order valence-electron chi connectivity index (χ4n) is 1.32. The van der Waals surface area contributed by atoms with Gasteiger partial charge in [-0.15, -0.1) is 0 Å². The molecule has 0 spiro atoms. The number of rotatable bonds is 6. The molecule has 0 aliphatic carbocycles. The molecule has 1 heterocycles. The summed E-state index contributed by atoms with van der Waals surface area (Å²) in [5, 5.41) is 19.5. The fourth-order valence-corrected chi connectivity index (χ4v) is 1.32. The number of pyridine rings is 1. The number of nitrogens with one attached hydrogen (secondary N) is 2. The number of hydrogen-bond donors (Lipinski definition) is 4. The number of carbonyl (C=O) groups is 3. The van der Waals surface area contributed by atoms with E-state index in [1.807, 2.05) is 0 Å². The van der Waals surface area contributed by atoms with Gasteiger partial charge in [0.1, 0.15) is 6.04 Å². The number of aromatic nitrogens is 1. The van der Waals surface area contributed by atoms with Crippen LogP contribution >= 0.6 is 0 Å². The molecule has 0 bridgehead atoms. The van der Waals surface area contributed by atoms with Gasteiger partial charge in [0.05, 0.1) is 5.56 Å². The van der Waals surface area contributed by atoms with Crippen LogP contribution in [-0.2, 0) is 9.59 Å². The summed E-state index contributed by atoms with van der Waals surface area (Å²) in [6.07, 6.45) is 0.552. The maximum atomic E-state index is 11.7. The van der Waals surface area contributed by atoms with Crippen molar-refractivity contribution in [3.8, 4) is 0 Å². The van der Waals surface area contributed by atoms with E-state index in [0.717, 1.165) is 12.3 Å². The maximum absolute atomic E-state index is 11.7. The van der Waals surface area contributed by atoms with E-state index >= 15 is 0 Å². The van der Waals surface area contributed by atoms with Crippen molar-refractivity contribution in [1.82, 2.24) is 10.3 Å². The molecule has 102 valence electrons. The highest BCUT2D eigenvalue weighted by atomic mass is 16.4. The van der Waals surface area contributed by atoms with Gasteiger partial charge in [0, 0.05) is 18.7 Å². The first kappa shape index (κ1) is 14.4. The van der Waals surface area contributed by atoms with E-state index in [4.69, 9.17) is 10.2 Å². The van der Waals surface area contributed by atoms with Crippen LogP contribution in [0, 0.1) is 0 Å². The van der Waals surface area contributed by atoms with Gasteiger partial charge >= 0.3 is 11.9 Å². The summed E-state index contributed by atoms with van der Waals surface area (Å²) in [6, 6.07) is 1.07. The van der Waals surface area contributed by atoms with Crippen LogP contribution in [-0.4, -0.2) is 39.1 Å². The van der Waals surface area contributed by atoms with Crippen LogP contribution < -0.4 is 10.9 Å². The Labute approximate surface area is 107 Å². The predicted octanol–water partition coefficient (Wildman–Crippen LogP) is -0.577. The van der Waals surface area contributed by atoms with Crippen LogP contribution in [0.25, 0.3) is 0 Å². The Hall–Kier alpha value is -2.64. The number of carboxylic acid groups (broad SMARTS) is 2. The Morgan fingerprint density at radius 2 is 1.95 bits per heavy atom. The Morgan fingerprint density at radius 3 is 2.42 bits per heavy atom. The molecule has 1 rings (SSSR count). The number of hydrogen-bond acceptors (Lipinski definition) is 4. The molecule has 8 heteroatoms. The lowest BCUT2D eigenvalue weighted by Gasteiger charge is -2.13. The highest BCUT2D eigenvalue weighted by molar-refractivity contribution is 5.96. The second-order valence-corrected chi connectivity index (χ2v) is 3.74. The molecule has 1 atom stereocenters. The van der Waals surface area contributed by atoms with Gasteiger partial charge in [-0.2, -0.15) is 0 Å². The van der Waals surface area contributed by atoms with E-state index in [-0.39, 0.29) is 18.4 Å². The lowest BCUT2D eigenvalue weighted by Crippen LogP contribution is -2.41. The van der Waals surface area contributed by atoms with Crippen LogP contribution in [0.3, 0.4) is 0 Å². The van der Waals surface area contributed by atoms with Crippen LogP contribution in [0.15, 0.2) is 23.1 Å². The van der Waals surface area contributed by atoms with Gasteiger partial charge in [-0.25, -0.2) is 4.79 Å². The standard InChI is InChI=1S/C11H12N2O6/c14-8-3-1-6(5-12-8)10(17)13-7(11(18)19)2-4-9(15)16/h1,3,5,7H,2,4H2,(H,12,14)(H,13,17)(H,15,16)(H,18,19)/t7-/m0/s1. The number of aromatic amines is 1. The number of H-pyrrole nitrogens is 1. The third-order valence-electron chi connectivity index (χ3n) is 2.30. The van der Waals surface area contributed by atoms with Gasteiger partial charge < -0.3 is 20.5 Å². The van der Waals surface area contributed by atoms with Gasteiger partial charge in [0.25, 0.3) is 5.91 Å². The van der Waals surface area contributed by atoms with Crippen LogP contribution in [0.4, 0.5) is 0 Å². The topological polar surface area (TPSA) is 137 Å². The third-order valence-corrected chi connectivity index (χ3v) is 2.30. The van der Waals surface area contributed by atoms with E-state index in [1.54, 1.807) is 0 Å². The lowest BCUT2D eigenvalue weighted by atomic mass is 10.1. The van der Waals surface area contributed by atoms with Crippen molar-refractivity contribution in [3.63, 3.8) is 0 Å². The van der Waals surface area contributed by atoms with Crippen molar-refractivity contribution in [2.24, 2.45) is 0 Å². The van der Waals surface area contributed by atoms with Gasteiger partial charge in [0.15, 0.2) is 0 Å². The Bertz CT molecular complexity index is 530. The minimum atomic E-state index is -1.32. The first-order valence-electron chi connectivity index (χ1n) is 5.34. The first-order chi connectivity index (χ1) is 8.90. The van der Waals surface area contributed by atoms with E-state index in [1.165, 1.54) is 6.07 Å². The summed E-state index contributed by atoms with van der Waals surface area (Å²) in [6.45, 7) is 0. The molecular weight excluding hydrogens is 256 g/mol. The molecule has 0 fully saturated rings. The first-order valence-corrected chi connectivity index (χ1v) is 5.34. The Morgan fingerprint density at radius 1 is 1.26 bits per heavy atom. The van der Waals surface area contributed by atoms with E-state index < -0.39 is 29.4 Å². The second-order valence-electron chi connectivity index (χ2n) is 3.74. The zero-order valence-corrected chi connectivity index (χ0v) is 9.75. The van der Waals surface area contributed by atoms with Crippen LogP contribution in [0.2, 0.25) is 0 Å². The maximum Gasteiger partial charge on any atom is 0.326 e. The molecule has 8 nitrogen and oxygen atoms in total. The zero-order valence-electron chi connectivity index (χ0n) is 9.75. The molecule has 0 aliphatic rings. The molecule has 0 saturated heterocycles. The Balaban J connectivity index is 2.70. The largest absolute Gasteiger partial charge is 0.481 e. The minimum Gasteiger partial charge on any atom is -0.481 e. The molecule has 0 radical (unpaired) electrons. The molecule has 19 heavy (non-hydrogen) atoms. The molecule has 0 aliphatic heterocycles. The molecule has 1 aromatic rings. The summed E-state index contributed by atoms with van der Waals surface area (Å²) in [5.74, 6) is -3.17. The average molecular weight is 268 g/mol. The van der Waals surface area contributed by atoms with Crippen molar-refractivity contribution in [3.05, 3.63) is 34.2 Å². The van der Waals surface area contributed by atoms with Crippen molar-refractivity contribution >= 4 is 17.8 Å². The molecule has 1 aromatic heterocycles. The summed E-state index contributed by atoms with van der Waals surface area (Å²) in [5.41, 5.74) is -0.307. The molecule has 4 N–H and O–H groups in total. The van der Waals surface area contributed by atoms with Crippen molar-refractivity contribution in [2.75, 3.05) is 0 Å². The van der Waals surface area contributed by atoms with E-state index in [0.29, 0.717) is 0 Å². The summed E-state index contributed by atoms with van der Waals surface area (Å²) < 4.78 is 0. The number of carboxylic acids is 2. The molecule has 0 unspecified atom stereocenters. The smallest absolute Gasteiger partial charge is 0.326 e. The number of aliphatic carboxylic acids is 2. The predicted molar refractivity (Wildman–Crippen MR) is 62.8 cm³/mol. The highest BCUT2D eigenvalue weighted by Gasteiger charge is 2.21. The number of carbonyl (C=O) groups excluding carboxylic acids is 1. The molecule has 0 saturated carbocycles. The normalized spacial score (nSPS) is 11.6. The summed E-state index contributed by atoms with van der Waals surface area (Å²) in [7, 11) is 0. The Kier molecular flexibility index (Phi) is 4.81. The van der Waals surface area contributed by atoms with Gasteiger partial charge in [-0.1, -0.05) is 0 Å². The van der Waals surface area contributed by atoms with Gasteiger partial charge in [0.2, 0.25) is 5.56 Å². The number of amides is 1. The zero-order chi connectivity index (χ0) is 14.4. The van der Waals surface area contributed by atoms with Crippen molar-refractivity contribution in [2.45, 2.75) is 18.9 Å². The minimum absolute atomic E-state index is 0.0844.